The molecule has 1 aromatic heterocycles. The third-order valence-electron chi connectivity index (χ3n) is 2.31. The number of halogens is 1. The minimum Gasteiger partial charge on any atom is -0.322 e. The Morgan fingerprint density at radius 2 is 1.56 bits per heavy atom. The maximum absolute atomic E-state index is 11.8. The summed E-state index contributed by atoms with van der Waals surface area (Å²) in [5.74, 6) is -0.234. The van der Waals surface area contributed by atoms with Crippen molar-refractivity contribution in [2.24, 2.45) is 0 Å². The molecule has 0 fully saturated rings. The van der Waals surface area contributed by atoms with Crippen molar-refractivity contribution in [3.8, 4) is 0 Å². The zero-order valence-electron chi connectivity index (χ0n) is 9.26. The molecule has 0 unspecified atom stereocenters. The van der Waals surface area contributed by atoms with Gasteiger partial charge in [0.2, 0.25) is 0 Å². The van der Waals surface area contributed by atoms with Gasteiger partial charge in [-0.1, -0.05) is 0 Å². The van der Waals surface area contributed by atoms with Gasteiger partial charge in [0.1, 0.15) is 0 Å². The second kappa shape index (κ2) is 5.42. The molecule has 1 heterocycles. The third kappa shape index (κ3) is 2.93. The predicted molar refractivity (Wildman–Crippen MR) is 68.8 cm³/mol. The molecule has 0 bridgehead atoms. The number of anilines is 1. The van der Waals surface area contributed by atoms with Crippen LogP contribution in [0.1, 0.15) is 20.7 Å². The fourth-order valence-corrected chi connectivity index (χ4v) is 1.52. The summed E-state index contributed by atoms with van der Waals surface area (Å²) in [5.41, 5.74) is 1.50. The van der Waals surface area contributed by atoms with Crippen LogP contribution in [0.25, 0.3) is 0 Å². The average molecular weight is 261 g/mol. The van der Waals surface area contributed by atoms with E-state index in [9.17, 15) is 9.59 Å². The van der Waals surface area contributed by atoms with Gasteiger partial charge in [0.15, 0.2) is 0 Å². The van der Waals surface area contributed by atoms with Crippen LogP contribution in [0.2, 0.25) is 0 Å². The predicted octanol–water partition coefficient (Wildman–Crippen LogP) is 2.71. The second-order valence-corrected chi connectivity index (χ2v) is 3.88. The molecule has 90 valence electrons. The Morgan fingerprint density at radius 1 is 0.944 bits per heavy atom. The quantitative estimate of drug-likeness (QED) is 0.863. The van der Waals surface area contributed by atoms with Crippen LogP contribution in [0.15, 0.2) is 48.8 Å². The van der Waals surface area contributed by atoms with E-state index >= 15 is 0 Å². The molecule has 0 atom stereocenters. The van der Waals surface area contributed by atoms with Gasteiger partial charge in [-0.15, -0.1) is 0 Å². The molecular formula is C13H9ClN2O2. The number of hydrogen-bond donors (Lipinski definition) is 1. The fraction of sp³-hybridized carbons (Fsp3) is 0. The number of benzene rings is 1. The fourth-order valence-electron chi connectivity index (χ4n) is 1.39. The first-order chi connectivity index (χ1) is 8.66. The molecule has 0 aliphatic rings. The number of amides is 1. The summed E-state index contributed by atoms with van der Waals surface area (Å²) in [6.07, 6.45) is 3.09. The molecule has 0 radical (unpaired) electrons. The Bertz CT molecular complexity index is 567. The van der Waals surface area contributed by atoms with Crippen molar-refractivity contribution in [1.29, 1.82) is 0 Å². The number of rotatable bonds is 3. The van der Waals surface area contributed by atoms with Crippen LogP contribution in [0.5, 0.6) is 0 Å². The van der Waals surface area contributed by atoms with Gasteiger partial charge < -0.3 is 5.32 Å². The highest BCUT2D eigenvalue weighted by atomic mass is 35.5. The molecule has 4 nitrogen and oxygen atoms in total. The molecular weight excluding hydrogens is 252 g/mol. The molecule has 0 saturated heterocycles. The van der Waals surface area contributed by atoms with Crippen LogP contribution in [0.4, 0.5) is 5.69 Å². The van der Waals surface area contributed by atoms with E-state index in [0.29, 0.717) is 16.8 Å². The van der Waals surface area contributed by atoms with Gasteiger partial charge in [-0.2, -0.15) is 0 Å². The topological polar surface area (TPSA) is 59.1 Å². The molecule has 0 aliphatic carbocycles. The Balaban J connectivity index is 2.10. The molecule has 0 spiro atoms. The monoisotopic (exact) mass is 260 g/mol. The van der Waals surface area contributed by atoms with Gasteiger partial charge in [-0.3, -0.25) is 14.6 Å². The number of nitrogens with one attached hydrogen (secondary N) is 1. The largest absolute Gasteiger partial charge is 0.322 e. The number of nitrogens with zero attached hydrogens (tertiary/aromatic N) is 1. The summed E-state index contributed by atoms with van der Waals surface area (Å²) in [7, 11) is 0. The smallest absolute Gasteiger partial charge is 0.255 e. The summed E-state index contributed by atoms with van der Waals surface area (Å²) in [6.45, 7) is 0. The van der Waals surface area contributed by atoms with E-state index in [0.717, 1.165) is 0 Å². The molecule has 5 heteroatoms. The molecule has 18 heavy (non-hydrogen) atoms. The van der Waals surface area contributed by atoms with Gasteiger partial charge in [0, 0.05) is 29.2 Å². The highest BCUT2D eigenvalue weighted by Crippen LogP contribution is 2.12. The van der Waals surface area contributed by atoms with E-state index in [4.69, 9.17) is 11.6 Å². The van der Waals surface area contributed by atoms with Crippen molar-refractivity contribution < 1.29 is 9.59 Å². The van der Waals surface area contributed by atoms with E-state index in [1.807, 2.05) is 0 Å². The minimum absolute atomic E-state index is 0.234. The SMILES string of the molecule is O=C(Cl)c1ccc(NC(=O)c2ccncc2)cc1. The molecule has 2 rings (SSSR count). The Kier molecular flexibility index (Phi) is 3.69. The van der Waals surface area contributed by atoms with E-state index in [-0.39, 0.29) is 5.91 Å². The van der Waals surface area contributed by atoms with Crippen LogP contribution < -0.4 is 5.32 Å². The van der Waals surface area contributed by atoms with Crippen LogP contribution >= 0.6 is 11.6 Å². The molecule has 1 aromatic carbocycles. The Morgan fingerprint density at radius 3 is 2.11 bits per heavy atom. The highest BCUT2D eigenvalue weighted by molar-refractivity contribution is 6.67. The minimum atomic E-state index is -0.526. The first-order valence-electron chi connectivity index (χ1n) is 5.18. The van der Waals surface area contributed by atoms with Crippen molar-refractivity contribution in [2.75, 3.05) is 5.32 Å². The van der Waals surface area contributed by atoms with E-state index < -0.39 is 5.24 Å². The lowest BCUT2D eigenvalue weighted by Gasteiger charge is -2.05. The standard InChI is InChI=1S/C13H9ClN2O2/c14-12(17)9-1-3-11(4-2-9)16-13(18)10-5-7-15-8-6-10/h1-8H,(H,16,18). The summed E-state index contributed by atoms with van der Waals surface area (Å²) in [4.78, 5) is 26.5. The first kappa shape index (κ1) is 12.3. The number of pyridine rings is 1. The van der Waals surface area contributed by atoms with E-state index in [1.165, 1.54) is 0 Å². The number of aromatic nitrogens is 1. The zero-order valence-corrected chi connectivity index (χ0v) is 10.0. The van der Waals surface area contributed by atoms with Crippen LogP contribution in [0.3, 0.4) is 0 Å². The maximum atomic E-state index is 11.8. The summed E-state index contributed by atoms with van der Waals surface area (Å²) >= 11 is 5.32. The molecule has 1 N–H and O–H groups in total. The average Bonchev–Trinajstić information content (AvgIpc) is 2.40. The van der Waals surface area contributed by atoms with Crippen molar-refractivity contribution >= 4 is 28.4 Å². The third-order valence-corrected chi connectivity index (χ3v) is 2.53. The van der Waals surface area contributed by atoms with Gasteiger partial charge in [-0.05, 0) is 48.0 Å². The van der Waals surface area contributed by atoms with Crippen LogP contribution in [-0.4, -0.2) is 16.1 Å². The van der Waals surface area contributed by atoms with Crippen molar-refractivity contribution in [2.45, 2.75) is 0 Å². The first-order valence-corrected chi connectivity index (χ1v) is 5.56. The van der Waals surface area contributed by atoms with E-state index in [2.05, 4.69) is 10.3 Å². The van der Waals surface area contributed by atoms with Crippen LogP contribution in [0, 0.1) is 0 Å². The van der Waals surface area contributed by atoms with Gasteiger partial charge >= 0.3 is 0 Å². The van der Waals surface area contributed by atoms with Gasteiger partial charge in [0.25, 0.3) is 11.1 Å². The van der Waals surface area contributed by atoms with Crippen molar-refractivity contribution in [1.82, 2.24) is 4.98 Å². The maximum Gasteiger partial charge on any atom is 0.255 e. The highest BCUT2D eigenvalue weighted by Gasteiger charge is 2.06. The zero-order chi connectivity index (χ0) is 13.0. The van der Waals surface area contributed by atoms with Crippen molar-refractivity contribution in [3.05, 3.63) is 59.9 Å². The number of carbonyl (C=O) groups is 2. The Labute approximate surface area is 109 Å². The van der Waals surface area contributed by atoms with E-state index in [1.54, 1.807) is 48.8 Å². The summed E-state index contributed by atoms with van der Waals surface area (Å²) in [5, 5.41) is 2.18. The lowest BCUT2D eigenvalue weighted by atomic mass is 10.2. The van der Waals surface area contributed by atoms with Gasteiger partial charge in [0.05, 0.1) is 0 Å². The molecule has 0 saturated carbocycles. The molecule has 0 aliphatic heterocycles. The molecule has 1 amide bonds. The summed E-state index contributed by atoms with van der Waals surface area (Å²) in [6, 6.07) is 9.58. The number of hydrogen-bond acceptors (Lipinski definition) is 3. The van der Waals surface area contributed by atoms with Crippen LogP contribution in [-0.2, 0) is 0 Å². The summed E-state index contributed by atoms with van der Waals surface area (Å²) < 4.78 is 0. The van der Waals surface area contributed by atoms with Crippen molar-refractivity contribution in [3.63, 3.8) is 0 Å². The molecule has 2 aromatic rings. The second-order valence-electron chi connectivity index (χ2n) is 3.54. The van der Waals surface area contributed by atoms with Gasteiger partial charge in [-0.25, -0.2) is 0 Å². The lowest BCUT2D eigenvalue weighted by Crippen LogP contribution is -2.11. The normalized spacial score (nSPS) is 9.83. The number of carbonyl (C=O) groups excluding carboxylic acids is 2. The Hall–Kier alpha value is -2.20. The lowest BCUT2D eigenvalue weighted by molar-refractivity contribution is 0.102.